The Morgan fingerprint density at radius 2 is 2.21 bits per heavy atom. The number of thiazole rings is 1. The van der Waals surface area contributed by atoms with Crippen LogP contribution in [-0.2, 0) is 10.9 Å². The highest BCUT2D eigenvalue weighted by atomic mass is 32.1. The molecule has 1 aliphatic heterocycles. The van der Waals surface area contributed by atoms with Crippen molar-refractivity contribution in [2.75, 3.05) is 24.6 Å². The molecule has 1 fully saturated rings. The van der Waals surface area contributed by atoms with Gasteiger partial charge in [0.15, 0.2) is 10.8 Å². The van der Waals surface area contributed by atoms with Gasteiger partial charge in [0, 0.05) is 43.5 Å². The summed E-state index contributed by atoms with van der Waals surface area (Å²) in [5, 5.41) is 7.43. The number of anilines is 1. The lowest BCUT2D eigenvalue weighted by Crippen LogP contribution is -2.44. The van der Waals surface area contributed by atoms with Crippen molar-refractivity contribution < 1.29 is 17.9 Å². The summed E-state index contributed by atoms with van der Waals surface area (Å²) in [5.41, 5.74) is 6.48. The van der Waals surface area contributed by atoms with Gasteiger partial charge in [-0.05, 0) is 6.07 Å². The fourth-order valence-corrected chi connectivity index (χ4v) is 3.86. The highest BCUT2D eigenvalue weighted by molar-refractivity contribution is 7.17. The summed E-state index contributed by atoms with van der Waals surface area (Å²) in [7, 11) is 0. The molecular weight excluding hydrogens is 407 g/mol. The topological polar surface area (TPSA) is 105 Å². The molecule has 1 aliphatic rings. The van der Waals surface area contributed by atoms with Gasteiger partial charge in [-0.1, -0.05) is 11.3 Å². The molecule has 0 amide bonds. The van der Waals surface area contributed by atoms with Crippen LogP contribution in [0.15, 0.2) is 36.4 Å². The van der Waals surface area contributed by atoms with Crippen molar-refractivity contribution in [2.24, 2.45) is 5.73 Å². The quantitative estimate of drug-likeness (QED) is 0.625. The molecule has 3 aromatic rings. The highest BCUT2D eigenvalue weighted by Gasteiger charge is 2.34. The van der Waals surface area contributed by atoms with E-state index in [1.54, 1.807) is 12.3 Å². The molecule has 0 bridgehead atoms. The third kappa shape index (κ3) is 3.68. The Kier molecular flexibility index (Phi) is 4.96. The van der Waals surface area contributed by atoms with Crippen LogP contribution < -0.4 is 10.6 Å². The minimum atomic E-state index is -4.43. The maximum absolute atomic E-state index is 13.0. The van der Waals surface area contributed by atoms with E-state index >= 15 is 0 Å². The van der Waals surface area contributed by atoms with E-state index in [0.717, 1.165) is 12.4 Å². The number of hydrogen-bond donors (Lipinski definition) is 2. The van der Waals surface area contributed by atoms with Crippen LogP contribution in [0.4, 0.5) is 19.0 Å². The minimum absolute atomic E-state index is 0.219. The van der Waals surface area contributed by atoms with Crippen molar-refractivity contribution in [3.05, 3.63) is 41.3 Å². The summed E-state index contributed by atoms with van der Waals surface area (Å²) in [6.45, 7) is 1.43. The van der Waals surface area contributed by atoms with E-state index in [1.807, 2.05) is 4.90 Å². The largest absolute Gasteiger partial charge is 0.427 e. The van der Waals surface area contributed by atoms with Crippen molar-refractivity contribution in [1.82, 2.24) is 19.4 Å². The summed E-state index contributed by atoms with van der Waals surface area (Å²) in [6.07, 6.45) is 1.70. The number of fused-ring (bicyclic) bond motifs is 1. The van der Waals surface area contributed by atoms with Gasteiger partial charge in [0.05, 0.1) is 12.8 Å². The monoisotopic (exact) mass is 423 g/mol. The molecule has 8 nitrogen and oxygen atoms in total. The van der Waals surface area contributed by atoms with Crippen molar-refractivity contribution in [3.63, 3.8) is 0 Å². The number of halogens is 3. The number of imidazole rings is 1. The number of morpholine rings is 1. The van der Waals surface area contributed by atoms with E-state index in [-0.39, 0.29) is 16.9 Å². The lowest BCUT2D eigenvalue weighted by Gasteiger charge is -2.34. The summed E-state index contributed by atoms with van der Waals surface area (Å²) in [6, 6.07) is 1.72. The third-order valence-corrected chi connectivity index (χ3v) is 5.52. The zero-order valence-electron chi connectivity index (χ0n) is 14.9. The average molecular weight is 423 g/mol. The van der Waals surface area contributed by atoms with E-state index < -0.39 is 11.1 Å². The predicted molar refractivity (Wildman–Crippen MR) is 102 cm³/mol. The Balaban J connectivity index is 1.65. The minimum Gasteiger partial charge on any atom is -0.404 e. The fourth-order valence-electron chi connectivity index (χ4n) is 3.04. The van der Waals surface area contributed by atoms with E-state index in [9.17, 15) is 13.2 Å². The molecule has 0 aliphatic carbocycles. The molecule has 4 heterocycles. The number of rotatable bonds is 4. The van der Waals surface area contributed by atoms with Gasteiger partial charge in [-0.25, -0.2) is 15.0 Å². The second-order valence-corrected chi connectivity index (χ2v) is 7.25. The van der Waals surface area contributed by atoms with Crippen molar-refractivity contribution in [1.29, 1.82) is 5.41 Å². The van der Waals surface area contributed by atoms with Gasteiger partial charge in [0.25, 0.3) is 0 Å². The lowest BCUT2D eigenvalue weighted by molar-refractivity contribution is -0.134. The number of hydrogen-bond acceptors (Lipinski definition) is 8. The number of aromatic nitrogens is 4. The molecule has 0 saturated carbocycles. The summed E-state index contributed by atoms with van der Waals surface area (Å²) in [4.78, 5) is 14.2. The standard InChI is InChI=1S/C17H16F3N7OS/c18-17(19,20)13-9-27-11(7-24-16(27)29-13)15-23-2-1-14(25-15)26-3-4-28-12(8-26)10(5-21)6-22/h1-2,5-7,9,12,21H,3-4,8,22H2/b10-6+,21-5?/t12-/m0/s1. The van der Waals surface area contributed by atoms with Crippen LogP contribution in [0.1, 0.15) is 4.88 Å². The molecule has 12 heteroatoms. The van der Waals surface area contributed by atoms with Gasteiger partial charge in [0.1, 0.15) is 22.5 Å². The number of alkyl halides is 3. The SMILES string of the molecule is N=C/C(=C\N)[C@@H]1CN(c2ccnc(-c3cnc4sc(C(F)(F)F)cn34)n2)CCO1. The van der Waals surface area contributed by atoms with E-state index in [4.69, 9.17) is 15.9 Å². The Bertz CT molecular complexity index is 1070. The second kappa shape index (κ2) is 7.44. The number of nitrogens with two attached hydrogens (primary N) is 1. The maximum atomic E-state index is 13.0. The lowest BCUT2D eigenvalue weighted by atomic mass is 10.1. The van der Waals surface area contributed by atoms with Crippen molar-refractivity contribution in [3.8, 4) is 11.5 Å². The Morgan fingerprint density at radius 1 is 1.38 bits per heavy atom. The van der Waals surface area contributed by atoms with Crippen molar-refractivity contribution in [2.45, 2.75) is 12.3 Å². The number of ether oxygens (including phenoxy) is 1. The predicted octanol–water partition coefficient (Wildman–Crippen LogP) is 2.57. The maximum Gasteiger partial charge on any atom is 0.427 e. The van der Waals surface area contributed by atoms with E-state index in [2.05, 4.69) is 15.0 Å². The van der Waals surface area contributed by atoms with Crippen LogP contribution in [0.3, 0.4) is 0 Å². The average Bonchev–Trinajstić information content (AvgIpc) is 3.30. The molecule has 4 rings (SSSR count). The normalized spacial score (nSPS) is 18.4. The summed E-state index contributed by atoms with van der Waals surface area (Å²) >= 11 is 0.566. The van der Waals surface area contributed by atoms with E-state index in [0.29, 0.717) is 48.1 Å². The van der Waals surface area contributed by atoms with Crippen LogP contribution in [-0.4, -0.2) is 51.4 Å². The molecule has 152 valence electrons. The highest BCUT2D eigenvalue weighted by Crippen LogP contribution is 2.36. The van der Waals surface area contributed by atoms with Gasteiger partial charge >= 0.3 is 6.18 Å². The van der Waals surface area contributed by atoms with E-state index in [1.165, 1.54) is 16.8 Å². The van der Waals surface area contributed by atoms with Crippen LogP contribution in [0, 0.1) is 5.41 Å². The molecule has 3 N–H and O–H groups in total. The first kappa shape index (κ1) is 19.3. The molecule has 1 saturated heterocycles. The number of nitrogens with one attached hydrogen (secondary N) is 1. The van der Waals surface area contributed by atoms with Crippen molar-refractivity contribution >= 4 is 28.3 Å². The van der Waals surface area contributed by atoms with Gasteiger partial charge in [-0.2, -0.15) is 13.2 Å². The van der Waals surface area contributed by atoms with Gasteiger partial charge in [-0.15, -0.1) is 0 Å². The van der Waals surface area contributed by atoms with Gasteiger partial charge in [-0.3, -0.25) is 4.40 Å². The molecule has 0 spiro atoms. The van der Waals surface area contributed by atoms with Crippen LogP contribution in [0.5, 0.6) is 0 Å². The molecule has 0 aromatic carbocycles. The molecular formula is C17H16F3N7OS. The molecule has 3 aromatic heterocycles. The smallest absolute Gasteiger partial charge is 0.404 e. The summed E-state index contributed by atoms with van der Waals surface area (Å²) < 4.78 is 46.0. The Labute approximate surface area is 167 Å². The fraction of sp³-hybridized carbons (Fsp3) is 0.294. The first-order valence-corrected chi connectivity index (χ1v) is 9.38. The Hall–Kier alpha value is -2.99. The third-order valence-electron chi connectivity index (χ3n) is 4.48. The zero-order valence-corrected chi connectivity index (χ0v) is 15.7. The summed E-state index contributed by atoms with van der Waals surface area (Å²) in [5.74, 6) is 0.872. The first-order valence-electron chi connectivity index (χ1n) is 8.57. The van der Waals surface area contributed by atoms with Gasteiger partial charge in [0.2, 0.25) is 0 Å². The molecule has 29 heavy (non-hydrogen) atoms. The Morgan fingerprint density at radius 3 is 2.93 bits per heavy atom. The number of nitrogens with zero attached hydrogens (tertiary/aromatic N) is 5. The van der Waals surface area contributed by atoms with Crippen LogP contribution >= 0.6 is 11.3 Å². The van der Waals surface area contributed by atoms with Crippen LogP contribution in [0.25, 0.3) is 16.5 Å². The second-order valence-electron chi connectivity index (χ2n) is 6.24. The van der Waals surface area contributed by atoms with Gasteiger partial charge < -0.3 is 20.8 Å². The molecule has 0 radical (unpaired) electrons. The molecule has 1 atom stereocenters. The molecule has 0 unspecified atom stereocenters. The first-order chi connectivity index (χ1) is 13.9. The van der Waals surface area contributed by atoms with Crippen LogP contribution in [0.2, 0.25) is 0 Å². The zero-order chi connectivity index (χ0) is 20.6.